The van der Waals surface area contributed by atoms with Crippen LogP contribution in [0.2, 0.25) is 0 Å². The highest BCUT2D eigenvalue weighted by molar-refractivity contribution is 4.84. The van der Waals surface area contributed by atoms with Gasteiger partial charge in [-0.05, 0) is 74.4 Å². The van der Waals surface area contributed by atoms with E-state index in [1.54, 1.807) is 0 Å². The van der Waals surface area contributed by atoms with Crippen LogP contribution in [0.1, 0.15) is 66.7 Å². The summed E-state index contributed by atoms with van der Waals surface area (Å²) in [6.07, 6.45) is 6.71. The number of piperidine rings is 1. The first-order valence-electron chi connectivity index (χ1n) is 9.09. The van der Waals surface area contributed by atoms with Gasteiger partial charge in [-0.3, -0.25) is 0 Å². The second-order valence-corrected chi connectivity index (χ2v) is 9.13. The average Bonchev–Trinajstić information content (AvgIpc) is 2.46. The van der Waals surface area contributed by atoms with Crippen molar-refractivity contribution in [2.75, 3.05) is 32.8 Å². The van der Waals surface area contributed by atoms with Gasteiger partial charge in [0.1, 0.15) is 0 Å². The molecule has 2 heteroatoms. The molecule has 0 aromatic carbocycles. The van der Waals surface area contributed by atoms with Gasteiger partial charge in [0.15, 0.2) is 0 Å². The van der Waals surface area contributed by atoms with Crippen LogP contribution in [0.4, 0.5) is 0 Å². The first-order chi connectivity index (χ1) is 9.79. The van der Waals surface area contributed by atoms with Gasteiger partial charge in [0.25, 0.3) is 0 Å². The van der Waals surface area contributed by atoms with Gasteiger partial charge in [-0.15, -0.1) is 0 Å². The predicted molar refractivity (Wildman–Crippen MR) is 90.6 cm³/mol. The van der Waals surface area contributed by atoms with Crippen molar-refractivity contribution in [2.45, 2.75) is 66.7 Å². The van der Waals surface area contributed by atoms with E-state index < -0.39 is 0 Å². The minimum atomic E-state index is 0.432. The summed E-state index contributed by atoms with van der Waals surface area (Å²) in [7, 11) is 0. The minimum absolute atomic E-state index is 0.432. The molecule has 0 radical (unpaired) electrons. The molecule has 124 valence electrons. The topological polar surface area (TPSA) is 12.5 Å². The van der Waals surface area contributed by atoms with E-state index in [2.05, 4.69) is 39.5 Å². The molecule has 2 rings (SSSR count). The quantitative estimate of drug-likeness (QED) is 0.752. The van der Waals surface area contributed by atoms with Crippen molar-refractivity contribution < 1.29 is 4.74 Å². The van der Waals surface area contributed by atoms with Crippen molar-refractivity contribution in [2.24, 2.45) is 22.7 Å². The Morgan fingerprint density at radius 3 is 2.14 bits per heavy atom. The Labute approximate surface area is 132 Å². The van der Waals surface area contributed by atoms with Crippen LogP contribution in [-0.2, 0) is 4.74 Å². The molecule has 2 saturated heterocycles. The third-order valence-electron chi connectivity index (χ3n) is 6.15. The smallest absolute Gasteiger partial charge is 0.0499 e. The molecule has 1 unspecified atom stereocenters. The van der Waals surface area contributed by atoms with Crippen LogP contribution in [0.3, 0.4) is 0 Å². The maximum atomic E-state index is 5.70. The number of rotatable bonds is 4. The van der Waals surface area contributed by atoms with E-state index in [4.69, 9.17) is 4.74 Å². The molecule has 2 aliphatic heterocycles. The Hall–Kier alpha value is -0.0800. The average molecular weight is 296 g/mol. The van der Waals surface area contributed by atoms with Gasteiger partial charge in [0.05, 0.1) is 0 Å². The fourth-order valence-electron chi connectivity index (χ4n) is 4.03. The van der Waals surface area contributed by atoms with Crippen LogP contribution >= 0.6 is 0 Å². The van der Waals surface area contributed by atoms with Gasteiger partial charge in [-0.2, -0.15) is 0 Å². The first-order valence-corrected chi connectivity index (χ1v) is 9.09. The summed E-state index contributed by atoms with van der Waals surface area (Å²) in [5.74, 6) is 1.67. The van der Waals surface area contributed by atoms with E-state index in [0.717, 1.165) is 25.0 Å². The van der Waals surface area contributed by atoms with Gasteiger partial charge < -0.3 is 9.64 Å². The van der Waals surface area contributed by atoms with Crippen LogP contribution < -0.4 is 0 Å². The Kier molecular flexibility index (Phi) is 5.76. The molecule has 0 aliphatic carbocycles. The van der Waals surface area contributed by atoms with E-state index in [1.807, 2.05) is 0 Å². The molecule has 0 N–H and O–H groups in total. The van der Waals surface area contributed by atoms with Crippen LogP contribution in [-0.4, -0.2) is 37.7 Å². The largest absolute Gasteiger partial charge is 0.381 e. The normalized spacial score (nSPS) is 27.0. The Balaban J connectivity index is 1.73. The predicted octanol–water partition coefficient (Wildman–Crippen LogP) is 4.59. The summed E-state index contributed by atoms with van der Waals surface area (Å²) in [5, 5.41) is 0. The van der Waals surface area contributed by atoms with Crippen LogP contribution in [0.5, 0.6) is 0 Å². The maximum Gasteiger partial charge on any atom is 0.0499 e. The number of hydrogen-bond acceptors (Lipinski definition) is 2. The molecule has 21 heavy (non-hydrogen) atoms. The van der Waals surface area contributed by atoms with E-state index in [9.17, 15) is 0 Å². The van der Waals surface area contributed by atoms with Gasteiger partial charge in [0, 0.05) is 13.2 Å². The Bertz CT molecular complexity index is 304. The highest BCUT2D eigenvalue weighted by Gasteiger charge is 2.33. The van der Waals surface area contributed by atoms with Gasteiger partial charge >= 0.3 is 0 Å². The highest BCUT2D eigenvalue weighted by atomic mass is 16.5. The minimum Gasteiger partial charge on any atom is -0.381 e. The van der Waals surface area contributed by atoms with Crippen molar-refractivity contribution in [1.29, 1.82) is 0 Å². The fraction of sp³-hybridized carbons (Fsp3) is 1.00. The Morgan fingerprint density at radius 1 is 0.952 bits per heavy atom. The number of likely N-dealkylation sites (tertiary alicyclic amines) is 1. The van der Waals surface area contributed by atoms with Gasteiger partial charge in [0.2, 0.25) is 0 Å². The third kappa shape index (κ3) is 4.96. The zero-order chi connectivity index (χ0) is 15.5. The highest BCUT2D eigenvalue weighted by Crippen LogP contribution is 2.38. The lowest BCUT2D eigenvalue weighted by Crippen LogP contribution is -2.41. The summed E-state index contributed by atoms with van der Waals surface area (Å²) in [4.78, 5) is 2.70. The summed E-state index contributed by atoms with van der Waals surface area (Å²) < 4.78 is 5.70. The number of hydrogen-bond donors (Lipinski definition) is 0. The molecule has 0 bridgehead atoms. The molecule has 2 nitrogen and oxygen atoms in total. The van der Waals surface area contributed by atoms with Crippen molar-refractivity contribution in [3.8, 4) is 0 Å². The Morgan fingerprint density at radius 2 is 1.62 bits per heavy atom. The van der Waals surface area contributed by atoms with E-state index >= 15 is 0 Å². The molecule has 0 amide bonds. The maximum absolute atomic E-state index is 5.70. The zero-order valence-corrected chi connectivity index (χ0v) is 15.1. The van der Waals surface area contributed by atoms with Crippen LogP contribution in [0.25, 0.3) is 0 Å². The molecule has 2 fully saturated rings. The van der Waals surface area contributed by atoms with Gasteiger partial charge in [-0.25, -0.2) is 0 Å². The van der Waals surface area contributed by atoms with Crippen molar-refractivity contribution in [1.82, 2.24) is 4.90 Å². The lowest BCUT2D eigenvalue weighted by Gasteiger charge is -2.41. The van der Waals surface area contributed by atoms with Crippen molar-refractivity contribution in [3.63, 3.8) is 0 Å². The summed E-state index contributed by atoms with van der Waals surface area (Å²) in [5.41, 5.74) is 0.923. The lowest BCUT2D eigenvalue weighted by atomic mass is 9.73. The summed E-state index contributed by atoms with van der Waals surface area (Å²) in [6, 6.07) is 0. The van der Waals surface area contributed by atoms with E-state index in [0.29, 0.717) is 10.8 Å². The molecule has 0 aromatic rings. The third-order valence-corrected chi connectivity index (χ3v) is 6.15. The van der Waals surface area contributed by atoms with Crippen LogP contribution in [0.15, 0.2) is 0 Å². The second kappa shape index (κ2) is 7.00. The number of ether oxygens (including phenoxy) is 1. The van der Waals surface area contributed by atoms with Crippen molar-refractivity contribution in [3.05, 3.63) is 0 Å². The molecular weight excluding hydrogens is 258 g/mol. The van der Waals surface area contributed by atoms with Crippen molar-refractivity contribution >= 4 is 0 Å². The molecule has 0 aromatic heterocycles. The fourth-order valence-corrected chi connectivity index (χ4v) is 4.03. The summed E-state index contributed by atoms with van der Waals surface area (Å²) in [6.45, 7) is 18.0. The van der Waals surface area contributed by atoms with E-state index in [-0.39, 0.29) is 0 Å². The zero-order valence-electron chi connectivity index (χ0n) is 15.1. The SMILES string of the molecule is CC(C)(C)C1CCN(CCC(C)(C)C2CCCOC2)CC1. The molecule has 0 saturated carbocycles. The first kappa shape index (κ1) is 17.3. The molecule has 1 atom stereocenters. The van der Waals surface area contributed by atoms with E-state index in [1.165, 1.54) is 51.7 Å². The molecule has 2 aliphatic rings. The second-order valence-electron chi connectivity index (χ2n) is 9.13. The lowest BCUT2D eigenvalue weighted by molar-refractivity contribution is -0.00446. The van der Waals surface area contributed by atoms with Crippen LogP contribution in [0, 0.1) is 22.7 Å². The molecule has 0 spiro atoms. The standard InChI is InChI=1S/C19H37NO/c1-18(2,3)16-8-11-20(12-9-16)13-10-19(4,5)17-7-6-14-21-15-17/h16-17H,6-15H2,1-5H3. The molecular formula is C19H37NO. The molecule has 2 heterocycles. The summed E-state index contributed by atoms with van der Waals surface area (Å²) >= 11 is 0. The number of nitrogens with zero attached hydrogens (tertiary/aromatic N) is 1. The monoisotopic (exact) mass is 295 g/mol. The van der Waals surface area contributed by atoms with Gasteiger partial charge in [-0.1, -0.05) is 34.6 Å².